The summed E-state index contributed by atoms with van der Waals surface area (Å²) in [5.74, 6) is -0.916. The van der Waals surface area contributed by atoms with Gasteiger partial charge in [-0.15, -0.1) is 0 Å². The van der Waals surface area contributed by atoms with E-state index in [-0.39, 0.29) is 18.9 Å². The number of hydrogen-bond acceptors (Lipinski definition) is 3. The van der Waals surface area contributed by atoms with Crippen LogP contribution in [-0.2, 0) is 9.59 Å². The minimum atomic E-state index is -0.871. The maximum atomic E-state index is 12.0. The first kappa shape index (κ1) is 11.6. The molecule has 17 heavy (non-hydrogen) atoms. The fourth-order valence-electron chi connectivity index (χ4n) is 2.00. The molecule has 2 N–H and O–H groups in total. The Hall–Kier alpha value is -1.88. The second kappa shape index (κ2) is 4.55. The predicted octanol–water partition coefficient (Wildman–Crippen LogP) is 0.768. The molecule has 0 spiro atoms. The lowest BCUT2D eigenvalue weighted by atomic mass is 10.1. The van der Waals surface area contributed by atoms with Crippen LogP contribution in [0.25, 0.3) is 0 Å². The van der Waals surface area contributed by atoms with Gasteiger partial charge in [-0.2, -0.15) is 0 Å². The van der Waals surface area contributed by atoms with Crippen molar-refractivity contribution >= 4 is 17.6 Å². The Kier molecular flexibility index (Phi) is 3.10. The van der Waals surface area contributed by atoms with E-state index in [1.54, 1.807) is 11.9 Å². The second-order valence-corrected chi connectivity index (χ2v) is 3.99. The van der Waals surface area contributed by atoms with Crippen molar-refractivity contribution in [2.45, 2.75) is 12.5 Å². The molecule has 0 saturated heterocycles. The number of benzene rings is 1. The number of carbonyl (C=O) groups excluding carboxylic acids is 1. The van der Waals surface area contributed by atoms with E-state index in [1.165, 1.54) is 0 Å². The summed E-state index contributed by atoms with van der Waals surface area (Å²) in [5.41, 5.74) is 1.79. The standard InChI is InChI=1S/C12H14N2O3/c1-14-9-5-3-2-4-8(9)11(12(14)17)13-7-6-10(15)16/h2-5,11,13H,6-7H2,1H3,(H,15,16). The van der Waals surface area contributed by atoms with Crippen molar-refractivity contribution in [3.8, 4) is 0 Å². The number of nitrogens with zero attached hydrogens (tertiary/aromatic N) is 1. The molecule has 1 aromatic carbocycles. The van der Waals surface area contributed by atoms with Crippen molar-refractivity contribution in [2.75, 3.05) is 18.5 Å². The van der Waals surface area contributed by atoms with Crippen molar-refractivity contribution in [1.82, 2.24) is 5.32 Å². The van der Waals surface area contributed by atoms with E-state index in [2.05, 4.69) is 5.32 Å². The molecule has 1 unspecified atom stereocenters. The molecule has 1 atom stereocenters. The molecule has 1 amide bonds. The Balaban J connectivity index is 2.13. The molecule has 0 radical (unpaired) electrons. The highest BCUT2D eigenvalue weighted by molar-refractivity contribution is 6.04. The Morgan fingerprint density at radius 1 is 1.47 bits per heavy atom. The second-order valence-electron chi connectivity index (χ2n) is 3.99. The van der Waals surface area contributed by atoms with Gasteiger partial charge in [-0.25, -0.2) is 0 Å². The van der Waals surface area contributed by atoms with Crippen LogP contribution in [0.4, 0.5) is 5.69 Å². The van der Waals surface area contributed by atoms with Gasteiger partial charge in [-0.05, 0) is 6.07 Å². The van der Waals surface area contributed by atoms with Gasteiger partial charge >= 0.3 is 5.97 Å². The summed E-state index contributed by atoms with van der Waals surface area (Å²) in [6.45, 7) is 0.286. The summed E-state index contributed by atoms with van der Waals surface area (Å²) in [6.07, 6.45) is 0.00958. The maximum Gasteiger partial charge on any atom is 0.304 e. The molecule has 0 saturated carbocycles. The van der Waals surface area contributed by atoms with Crippen LogP contribution in [0, 0.1) is 0 Å². The fourth-order valence-corrected chi connectivity index (χ4v) is 2.00. The number of likely N-dealkylation sites (N-methyl/N-ethyl adjacent to an activating group) is 1. The van der Waals surface area contributed by atoms with Crippen LogP contribution in [0.2, 0.25) is 0 Å². The monoisotopic (exact) mass is 234 g/mol. The van der Waals surface area contributed by atoms with Crippen LogP contribution in [0.5, 0.6) is 0 Å². The van der Waals surface area contributed by atoms with Crippen molar-refractivity contribution < 1.29 is 14.7 Å². The number of amides is 1. The van der Waals surface area contributed by atoms with E-state index in [1.807, 2.05) is 24.3 Å². The third-order valence-electron chi connectivity index (χ3n) is 2.87. The first-order valence-corrected chi connectivity index (χ1v) is 5.43. The van der Waals surface area contributed by atoms with Crippen LogP contribution in [0.3, 0.4) is 0 Å². The number of carbonyl (C=O) groups is 2. The molecule has 1 heterocycles. The minimum Gasteiger partial charge on any atom is -0.481 e. The number of hydrogen-bond donors (Lipinski definition) is 2. The van der Waals surface area contributed by atoms with E-state index in [0.717, 1.165) is 11.3 Å². The lowest BCUT2D eigenvalue weighted by Gasteiger charge is -2.12. The first-order chi connectivity index (χ1) is 8.11. The van der Waals surface area contributed by atoms with E-state index < -0.39 is 12.0 Å². The van der Waals surface area contributed by atoms with E-state index in [4.69, 9.17) is 5.11 Å². The van der Waals surface area contributed by atoms with Gasteiger partial charge in [0.2, 0.25) is 5.91 Å². The number of rotatable bonds is 4. The number of fused-ring (bicyclic) bond motifs is 1. The maximum absolute atomic E-state index is 12.0. The van der Waals surface area contributed by atoms with Gasteiger partial charge < -0.3 is 15.3 Å². The number of carboxylic acid groups (broad SMARTS) is 1. The van der Waals surface area contributed by atoms with Crippen LogP contribution in [-0.4, -0.2) is 30.6 Å². The Bertz CT molecular complexity index is 459. The molecule has 0 aromatic heterocycles. The number of carboxylic acids is 1. The van der Waals surface area contributed by atoms with Gasteiger partial charge in [0.25, 0.3) is 0 Å². The third kappa shape index (κ3) is 2.14. The number of para-hydroxylation sites is 1. The average molecular weight is 234 g/mol. The molecular weight excluding hydrogens is 220 g/mol. The first-order valence-electron chi connectivity index (χ1n) is 5.43. The molecule has 1 aromatic rings. The smallest absolute Gasteiger partial charge is 0.304 e. The van der Waals surface area contributed by atoms with Gasteiger partial charge in [-0.1, -0.05) is 18.2 Å². The van der Waals surface area contributed by atoms with Crippen molar-refractivity contribution in [3.63, 3.8) is 0 Å². The summed E-state index contributed by atoms with van der Waals surface area (Å²) in [5, 5.41) is 11.5. The lowest BCUT2D eigenvalue weighted by Crippen LogP contribution is -2.33. The van der Waals surface area contributed by atoms with Crippen molar-refractivity contribution in [2.24, 2.45) is 0 Å². The summed E-state index contributed by atoms with van der Waals surface area (Å²) in [4.78, 5) is 24.0. The minimum absolute atomic E-state index is 0.00958. The predicted molar refractivity (Wildman–Crippen MR) is 62.8 cm³/mol. The highest BCUT2D eigenvalue weighted by atomic mass is 16.4. The SMILES string of the molecule is CN1C(=O)C(NCCC(=O)O)c2ccccc21. The largest absolute Gasteiger partial charge is 0.481 e. The molecule has 90 valence electrons. The zero-order valence-electron chi connectivity index (χ0n) is 9.51. The quantitative estimate of drug-likeness (QED) is 0.807. The number of nitrogens with one attached hydrogen (secondary N) is 1. The van der Waals surface area contributed by atoms with Crippen LogP contribution >= 0.6 is 0 Å². The molecular formula is C12H14N2O3. The van der Waals surface area contributed by atoms with Gasteiger partial charge in [0.05, 0.1) is 6.42 Å². The third-order valence-corrected chi connectivity index (χ3v) is 2.87. The van der Waals surface area contributed by atoms with Gasteiger partial charge in [0.1, 0.15) is 6.04 Å². The van der Waals surface area contributed by atoms with E-state index in [9.17, 15) is 9.59 Å². The van der Waals surface area contributed by atoms with Crippen molar-refractivity contribution in [1.29, 1.82) is 0 Å². The normalized spacial score (nSPS) is 18.3. The highest BCUT2D eigenvalue weighted by Gasteiger charge is 2.34. The molecule has 5 heteroatoms. The van der Waals surface area contributed by atoms with Gasteiger partial charge in [-0.3, -0.25) is 9.59 Å². The van der Waals surface area contributed by atoms with Gasteiger partial charge in [0, 0.05) is 24.8 Å². The van der Waals surface area contributed by atoms with E-state index in [0.29, 0.717) is 0 Å². The molecule has 2 rings (SSSR count). The van der Waals surface area contributed by atoms with Crippen LogP contribution < -0.4 is 10.2 Å². The Morgan fingerprint density at radius 2 is 2.18 bits per heavy atom. The summed E-state index contributed by atoms with van der Waals surface area (Å²) < 4.78 is 0. The zero-order chi connectivity index (χ0) is 12.4. The van der Waals surface area contributed by atoms with Crippen LogP contribution in [0.15, 0.2) is 24.3 Å². The summed E-state index contributed by atoms with van der Waals surface area (Å²) in [7, 11) is 1.72. The Morgan fingerprint density at radius 3 is 2.88 bits per heavy atom. The lowest BCUT2D eigenvalue weighted by molar-refractivity contribution is -0.137. The molecule has 1 aliphatic heterocycles. The van der Waals surface area contributed by atoms with Crippen LogP contribution in [0.1, 0.15) is 18.0 Å². The topological polar surface area (TPSA) is 69.6 Å². The number of aliphatic carboxylic acids is 1. The van der Waals surface area contributed by atoms with E-state index >= 15 is 0 Å². The van der Waals surface area contributed by atoms with Crippen molar-refractivity contribution in [3.05, 3.63) is 29.8 Å². The number of anilines is 1. The highest BCUT2D eigenvalue weighted by Crippen LogP contribution is 2.34. The molecule has 0 aliphatic carbocycles. The summed E-state index contributed by atoms with van der Waals surface area (Å²) in [6, 6.07) is 7.09. The molecule has 5 nitrogen and oxygen atoms in total. The zero-order valence-corrected chi connectivity index (χ0v) is 9.51. The molecule has 1 aliphatic rings. The molecule has 0 bridgehead atoms. The summed E-state index contributed by atoms with van der Waals surface area (Å²) >= 11 is 0. The van der Waals surface area contributed by atoms with Gasteiger partial charge in [0.15, 0.2) is 0 Å². The average Bonchev–Trinajstić information content (AvgIpc) is 2.54. The Labute approximate surface area is 99.0 Å². The fraction of sp³-hybridized carbons (Fsp3) is 0.333. The molecule has 0 fully saturated rings.